The van der Waals surface area contributed by atoms with Crippen LogP contribution >= 0.6 is 48.0 Å². The average molecular weight is 578 g/mol. The number of likely N-dealkylation sites (tertiary alicyclic amines) is 2. The van der Waals surface area contributed by atoms with Crippen molar-refractivity contribution in [3.8, 4) is 5.75 Å². The lowest BCUT2D eigenvalue weighted by Crippen LogP contribution is -2.48. The molecule has 0 amide bonds. The number of halogens is 4. The highest BCUT2D eigenvalue weighted by Crippen LogP contribution is 2.34. The van der Waals surface area contributed by atoms with Gasteiger partial charge in [0.2, 0.25) is 0 Å². The van der Waals surface area contributed by atoms with Crippen LogP contribution < -0.4 is 4.74 Å². The van der Waals surface area contributed by atoms with Crippen molar-refractivity contribution in [3.63, 3.8) is 0 Å². The summed E-state index contributed by atoms with van der Waals surface area (Å²) < 4.78 is 6.19. The zero-order chi connectivity index (χ0) is 24.1. The first-order chi connectivity index (χ1) is 16.4. The van der Waals surface area contributed by atoms with Gasteiger partial charge in [-0.25, -0.2) is 0 Å². The maximum Gasteiger partial charge on any atom is 0.321 e. The minimum absolute atomic E-state index is 0. The van der Waals surface area contributed by atoms with E-state index in [0.29, 0.717) is 22.4 Å². The quantitative estimate of drug-likeness (QED) is 0.393. The Bertz CT molecular complexity index is 963. The highest BCUT2D eigenvalue weighted by atomic mass is 35.5. The number of aliphatic carboxylic acids is 1. The van der Waals surface area contributed by atoms with E-state index in [4.69, 9.17) is 27.9 Å². The van der Waals surface area contributed by atoms with Gasteiger partial charge in [-0.05, 0) is 81.3 Å². The lowest BCUT2D eigenvalue weighted by molar-refractivity contribution is -0.144. The third-order valence-corrected chi connectivity index (χ3v) is 8.16. The van der Waals surface area contributed by atoms with Crippen molar-refractivity contribution in [2.75, 3.05) is 32.7 Å². The van der Waals surface area contributed by atoms with Gasteiger partial charge in [-0.1, -0.05) is 53.5 Å². The molecule has 1 N–H and O–H groups in total. The molecular formula is C27H36Cl4N2O3. The smallest absolute Gasteiger partial charge is 0.321 e. The molecule has 0 bridgehead atoms. The van der Waals surface area contributed by atoms with E-state index in [1.54, 1.807) is 0 Å². The Labute approximate surface area is 236 Å². The summed E-state index contributed by atoms with van der Waals surface area (Å²) in [6.07, 6.45) is 4.80. The Hall–Kier alpha value is -1.21. The van der Waals surface area contributed by atoms with Crippen molar-refractivity contribution in [3.05, 3.63) is 63.6 Å². The molecule has 9 heteroatoms. The largest absolute Gasteiger partial charge is 0.489 e. The molecule has 200 valence electrons. The van der Waals surface area contributed by atoms with Crippen molar-refractivity contribution < 1.29 is 14.6 Å². The van der Waals surface area contributed by atoms with Crippen molar-refractivity contribution >= 4 is 54.0 Å². The summed E-state index contributed by atoms with van der Waals surface area (Å²) in [5.74, 6) is 0.617. The molecule has 0 aromatic heterocycles. The number of ether oxygens (including phenoxy) is 1. The summed E-state index contributed by atoms with van der Waals surface area (Å²) in [5, 5.41) is 11.1. The van der Waals surface area contributed by atoms with Gasteiger partial charge >= 0.3 is 5.97 Å². The van der Waals surface area contributed by atoms with E-state index in [-0.39, 0.29) is 30.9 Å². The number of rotatable bonds is 8. The van der Waals surface area contributed by atoms with Crippen LogP contribution in [-0.4, -0.2) is 65.7 Å². The molecule has 0 unspecified atom stereocenters. The Balaban J connectivity index is 0.00000228. The molecule has 2 aliphatic heterocycles. The summed E-state index contributed by atoms with van der Waals surface area (Å²) in [6, 6.07) is 13.2. The van der Waals surface area contributed by atoms with Crippen molar-refractivity contribution in [1.29, 1.82) is 0 Å². The molecule has 2 aromatic carbocycles. The standard InChI is InChI=1S/C27H34Cl2N2O3.2ClH/c1-19-23(28)7-8-25(26(19)29)34-22-11-13-30(14-12-22)18-21-9-15-31(16-10-21)24(27(32)33)17-20-5-3-2-4-6-20;;/h2-8,21-22,24H,9-18H2,1H3,(H,32,33);2*1H/t24-;;/m0../s1. The molecule has 1 atom stereocenters. The normalized spacial score (nSPS) is 18.6. The van der Waals surface area contributed by atoms with Gasteiger partial charge in [0, 0.05) is 24.7 Å². The van der Waals surface area contributed by atoms with E-state index in [9.17, 15) is 9.90 Å². The fourth-order valence-corrected chi connectivity index (χ4v) is 5.55. The van der Waals surface area contributed by atoms with E-state index in [0.717, 1.165) is 75.3 Å². The number of carboxylic acid groups (broad SMARTS) is 1. The van der Waals surface area contributed by atoms with Crippen LogP contribution in [0.5, 0.6) is 5.75 Å². The Morgan fingerprint density at radius 3 is 2.25 bits per heavy atom. The Morgan fingerprint density at radius 1 is 1.00 bits per heavy atom. The number of carboxylic acids is 1. The van der Waals surface area contributed by atoms with Crippen LogP contribution in [0.25, 0.3) is 0 Å². The molecule has 2 heterocycles. The lowest BCUT2D eigenvalue weighted by atomic mass is 9.93. The molecule has 2 aromatic rings. The van der Waals surface area contributed by atoms with E-state index in [2.05, 4.69) is 9.80 Å². The maximum absolute atomic E-state index is 11.9. The molecule has 4 rings (SSSR count). The fraction of sp³-hybridized carbons (Fsp3) is 0.519. The molecule has 2 fully saturated rings. The van der Waals surface area contributed by atoms with E-state index in [1.807, 2.05) is 49.4 Å². The molecule has 0 saturated carbocycles. The highest BCUT2D eigenvalue weighted by Gasteiger charge is 2.31. The van der Waals surface area contributed by atoms with Crippen molar-refractivity contribution in [2.24, 2.45) is 5.92 Å². The van der Waals surface area contributed by atoms with Gasteiger partial charge in [-0.3, -0.25) is 9.69 Å². The third kappa shape index (κ3) is 8.14. The summed E-state index contributed by atoms with van der Waals surface area (Å²) in [5.41, 5.74) is 1.94. The monoisotopic (exact) mass is 576 g/mol. The predicted molar refractivity (Wildman–Crippen MR) is 152 cm³/mol. The molecular weight excluding hydrogens is 542 g/mol. The molecule has 5 nitrogen and oxygen atoms in total. The van der Waals surface area contributed by atoms with Crippen molar-refractivity contribution in [1.82, 2.24) is 9.80 Å². The zero-order valence-corrected chi connectivity index (χ0v) is 23.7. The average Bonchev–Trinajstić information content (AvgIpc) is 2.85. The SMILES string of the molecule is Cc1c(Cl)ccc(OC2CCN(CC3CCN([C@@H](Cc4ccccc4)C(=O)O)CC3)CC2)c1Cl.Cl.Cl. The van der Waals surface area contributed by atoms with Gasteiger partial charge in [-0.15, -0.1) is 24.8 Å². The van der Waals surface area contributed by atoms with Gasteiger partial charge in [0.1, 0.15) is 17.9 Å². The molecule has 2 saturated heterocycles. The fourth-order valence-electron chi connectivity index (χ4n) is 5.14. The maximum atomic E-state index is 11.9. The van der Waals surface area contributed by atoms with Crippen LogP contribution in [0.15, 0.2) is 42.5 Å². The van der Waals surface area contributed by atoms with Crippen molar-refractivity contribution in [2.45, 2.75) is 51.2 Å². The summed E-state index contributed by atoms with van der Waals surface area (Å²) in [7, 11) is 0. The molecule has 0 aliphatic carbocycles. The number of hydrogen-bond acceptors (Lipinski definition) is 4. The minimum atomic E-state index is -0.722. The number of carbonyl (C=O) groups is 1. The summed E-state index contributed by atoms with van der Waals surface area (Å²) in [4.78, 5) is 16.6. The highest BCUT2D eigenvalue weighted by molar-refractivity contribution is 6.36. The summed E-state index contributed by atoms with van der Waals surface area (Å²) in [6.45, 7) is 6.72. The number of benzene rings is 2. The molecule has 36 heavy (non-hydrogen) atoms. The van der Waals surface area contributed by atoms with Crippen LogP contribution in [0, 0.1) is 12.8 Å². The number of nitrogens with zero attached hydrogens (tertiary/aromatic N) is 2. The second kappa shape index (κ2) is 14.7. The Kier molecular flexibility index (Phi) is 12.6. The molecule has 2 aliphatic rings. The van der Waals surface area contributed by atoms with Crippen LogP contribution in [0.4, 0.5) is 0 Å². The first-order valence-electron chi connectivity index (χ1n) is 12.2. The van der Waals surface area contributed by atoms with Crippen LogP contribution in [-0.2, 0) is 11.2 Å². The third-order valence-electron chi connectivity index (χ3n) is 7.28. The lowest BCUT2D eigenvalue weighted by Gasteiger charge is -2.39. The number of piperidine rings is 2. The first kappa shape index (κ1) is 31.0. The number of hydrogen-bond donors (Lipinski definition) is 1. The van der Waals surface area contributed by atoms with Gasteiger partial charge in [0.25, 0.3) is 0 Å². The van der Waals surface area contributed by atoms with Crippen LogP contribution in [0.2, 0.25) is 10.0 Å². The van der Waals surface area contributed by atoms with E-state index < -0.39 is 12.0 Å². The van der Waals surface area contributed by atoms with Gasteiger partial charge in [0.15, 0.2) is 0 Å². The predicted octanol–water partition coefficient (Wildman–Crippen LogP) is 6.40. The molecule has 0 spiro atoms. The zero-order valence-electron chi connectivity index (χ0n) is 20.6. The van der Waals surface area contributed by atoms with E-state index >= 15 is 0 Å². The first-order valence-corrected chi connectivity index (χ1v) is 13.0. The minimum Gasteiger partial charge on any atom is -0.489 e. The Morgan fingerprint density at radius 2 is 1.64 bits per heavy atom. The van der Waals surface area contributed by atoms with Gasteiger partial charge in [-0.2, -0.15) is 0 Å². The molecule has 0 radical (unpaired) electrons. The second-order valence-electron chi connectivity index (χ2n) is 9.63. The van der Waals surface area contributed by atoms with Crippen LogP contribution in [0.1, 0.15) is 36.8 Å². The van der Waals surface area contributed by atoms with E-state index in [1.165, 1.54) is 0 Å². The topological polar surface area (TPSA) is 53.0 Å². The second-order valence-corrected chi connectivity index (χ2v) is 10.4. The summed E-state index contributed by atoms with van der Waals surface area (Å²) >= 11 is 12.6. The van der Waals surface area contributed by atoms with Gasteiger partial charge < -0.3 is 14.7 Å². The van der Waals surface area contributed by atoms with Gasteiger partial charge in [0.05, 0.1) is 5.02 Å². The van der Waals surface area contributed by atoms with Crippen LogP contribution in [0.3, 0.4) is 0 Å².